The van der Waals surface area contributed by atoms with Gasteiger partial charge in [0.25, 0.3) is 0 Å². The van der Waals surface area contributed by atoms with Gasteiger partial charge in [0.05, 0.1) is 5.54 Å². The van der Waals surface area contributed by atoms with Crippen LogP contribution in [0, 0.1) is 0 Å². The number of hydrogen-bond donors (Lipinski definition) is 1. The van der Waals surface area contributed by atoms with Crippen molar-refractivity contribution in [3.8, 4) is 0 Å². The van der Waals surface area contributed by atoms with Crippen molar-refractivity contribution in [3.63, 3.8) is 0 Å². The van der Waals surface area contributed by atoms with Crippen molar-refractivity contribution in [1.82, 2.24) is 5.32 Å². The SMILES string of the molecule is c1ccc(C23CCCCCCC2N3)cc1. The Morgan fingerprint density at radius 1 is 1.00 bits per heavy atom. The molecule has 0 amide bonds. The van der Waals surface area contributed by atoms with Gasteiger partial charge in [-0.3, -0.25) is 0 Å². The summed E-state index contributed by atoms with van der Waals surface area (Å²) in [6, 6.07) is 11.8. The van der Waals surface area contributed by atoms with Crippen molar-refractivity contribution in [2.45, 2.75) is 50.1 Å². The third-order valence-corrected chi connectivity index (χ3v) is 4.05. The van der Waals surface area contributed by atoms with Crippen molar-refractivity contribution < 1.29 is 0 Å². The summed E-state index contributed by atoms with van der Waals surface area (Å²) < 4.78 is 0. The summed E-state index contributed by atoms with van der Waals surface area (Å²) in [6.07, 6.45) is 8.35. The number of hydrogen-bond acceptors (Lipinski definition) is 1. The fourth-order valence-electron chi connectivity index (χ4n) is 3.10. The molecule has 1 nitrogen and oxygen atoms in total. The molecular weight excluding hydrogens is 182 g/mol. The Morgan fingerprint density at radius 2 is 1.80 bits per heavy atom. The highest BCUT2D eigenvalue weighted by atomic mass is 15.2. The minimum atomic E-state index is 0.363. The number of rotatable bonds is 1. The van der Waals surface area contributed by atoms with E-state index in [1.807, 2.05) is 0 Å². The van der Waals surface area contributed by atoms with Gasteiger partial charge in [-0.15, -0.1) is 0 Å². The maximum atomic E-state index is 3.74. The average Bonchev–Trinajstić information content (AvgIpc) is 2.93. The van der Waals surface area contributed by atoms with Crippen LogP contribution in [0.5, 0.6) is 0 Å². The monoisotopic (exact) mass is 201 g/mol. The maximum absolute atomic E-state index is 3.74. The quantitative estimate of drug-likeness (QED) is 0.692. The molecule has 2 unspecified atom stereocenters. The summed E-state index contributed by atoms with van der Waals surface area (Å²) in [7, 11) is 0. The van der Waals surface area contributed by atoms with E-state index < -0.39 is 0 Å². The second-order valence-corrected chi connectivity index (χ2v) is 4.99. The Hall–Kier alpha value is -0.820. The molecule has 3 rings (SSSR count). The molecule has 1 aliphatic carbocycles. The van der Waals surface area contributed by atoms with Gasteiger partial charge in [-0.25, -0.2) is 0 Å². The van der Waals surface area contributed by atoms with Crippen LogP contribution in [0.3, 0.4) is 0 Å². The van der Waals surface area contributed by atoms with Gasteiger partial charge in [-0.05, 0) is 18.4 Å². The van der Waals surface area contributed by atoms with Crippen LogP contribution in [0.15, 0.2) is 30.3 Å². The van der Waals surface area contributed by atoms with Gasteiger partial charge in [0.2, 0.25) is 0 Å². The molecule has 1 aromatic carbocycles. The second-order valence-electron chi connectivity index (χ2n) is 4.99. The van der Waals surface area contributed by atoms with Crippen LogP contribution >= 0.6 is 0 Å². The van der Waals surface area contributed by atoms with Crippen molar-refractivity contribution in [2.75, 3.05) is 0 Å². The highest BCUT2D eigenvalue weighted by Gasteiger charge is 2.53. The molecule has 1 heteroatoms. The van der Waals surface area contributed by atoms with Crippen molar-refractivity contribution >= 4 is 0 Å². The molecule has 1 aromatic rings. The zero-order chi connectivity index (χ0) is 10.1. The van der Waals surface area contributed by atoms with E-state index >= 15 is 0 Å². The van der Waals surface area contributed by atoms with E-state index in [9.17, 15) is 0 Å². The predicted octanol–water partition coefficient (Wildman–Crippen LogP) is 3.21. The molecule has 0 spiro atoms. The third-order valence-electron chi connectivity index (χ3n) is 4.05. The molecule has 1 heterocycles. The summed E-state index contributed by atoms with van der Waals surface area (Å²) >= 11 is 0. The largest absolute Gasteiger partial charge is 0.301 e. The lowest BCUT2D eigenvalue weighted by molar-refractivity contribution is 0.472. The molecule has 1 saturated carbocycles. The lowest BCUT2D eigenvalue weighted by Gasteiger charge is -2.18. The van der Waals surface area contributed by atoms with Crippen LogP contribution in [0.1, 0.15) is 44.1 Å². The number of nitrogens with one attached hydrogen (secondary N) is 1. The predicted molar refractivity (Wildman–Crippen MR) is 62.7 cm³/mol. The van der Waals surface area contributed by atoms with Crippen LogP contribution in [0.25, 0.3) is 0 Å². The average molecular weight is 201 g/mol. The summed E-state index contributed by atoms with van der Waals surface area (Å²) in [5, 5.41) is 3.74. The van der Waals surface area contributed by atoms with E-state index in [1.165, 1.54) is 44.1 Å². The van der Waals surface area contributed by atoms with Gasteiger partial charge in [0.15, 0.2) is 0 Å². The lowest BCUT2D eigenvalue weighted by atomic mass is 9.85. The molecule has 0 aromatic heterocycles. The van der Waals surface area contributed by atoms with Crippen molar-refractivity contribution in [2.24, 2.45) is 0 Å². The first kappa shape index (κ1) is 9.41. The first-order valence-electron chi connectivity index (χ1n) is 6.25. The zero-order valence-corrected chi connectivity index (χ0v) is 9.21. The molecule has 2 aliphatic rings. The first-order valence-corrected chi connectivity index (χ1v) is 6.25. The molecule has 1 N–H and O–H groups in total. The standard InChI is InChI=1S/C14H19N/c1-2-7-11-14(13(15-14)10-6-1)12-8-4-3-5-9-12/h3-5,8-9,13,15H,1-2,6-7,10-11H2. The van der Waals surface area contributed by atoms with Gasteiger partial charge >= 0.3 is 0 Å². The van der Waals surface area contributed by atoms with E-state index in [-0.39, 0.29) is 0 Å². The van der Waals surface area contributed by atoms with E-state index in [0.29, 0.717) is 5.54 Å². The second kappa shape index (κ2) is 3.64. The Balaban J connectivity index is 1.85. The van der Waals surface area contributed by atoms with Gasteiger partial charge in [0, 0.05) is 6.04 Å². The Morgan fingerprint density at radius 3 is 2.67 bits per heavy atom. The number of fused-ring (bicyclic) bond motifs is 1. The molecule has 80 valence electrons. The van der Waals surface area contributed by atoms with Crippen LogP contribution in [-0.2, 0) is 5.54 Å². The van der Waals surface area contributed by atoms with E-state index in [0.717, 1.165) is 6.04 Å². The summed E-state index contributed by atoms with van der Waals surface area (Å²) in [5.41, 5.74) is 1.87. The summed E-state index contributed by atoms with van der Waals surface area (Å²) in [4.78, 5) is 0. The highest BCUT2D eigenvalue weighted by molar-refractivity contribution is 5.34. The lowest BCUT2D eigenvalue weighted by Crippen LogP contribution is -2.16. The van der Waals surface area contributed by atoms with E-state index in [4.69, 9.17) is 0 Å². The first-order chi connectivity index (χ1) is 7.42. The van der Waals surface area contributed by atoms with Crippen LogP contribution in [0.4, 0.5) is 0 Å². The normalized spacial score (nSPS) is 35.1. The van der Waals surface area contributed by atoms with Gasteiger partial charge < -0.3 is 5.32 Å². The molecule has 1 aliphatic heterocycles. The van der Waals surface area contributed by atoms with E-state index in [1.54, 1.807) is 0 Å². The Bertz CT molecular complexity index is 332. The number of benzene rings is 1. The molecule has 15 heavy (non-hydrogen) atoms. The fraction of sp³-hybridized carbons (Fsp3) is 0.571. The molecular formula is C14H19N. The van der Waals surface area contributed by atoms with E-state index in [2.05, 4.69) is 35.6 Å². The fourth-order valence-corrected chi connectivity index (χ4v) is 3.10. The minimum absolute atomic E-state index is 0.363. The van der Waals surface area contributed by atoms with Crippen molar-refractivity contribution in [1.29, 1.82) is 0 Å². The third kappa shape index (κ3) is 1.59. The maximum Gasteiger partial charge on any atom is 0.0593 e. The highest BCUT2D eigenvalue weighted by Crippen LogP contribution is 2.45. The summed E-state index contributed by atoms with van der Waals surface area (Å²) in [5.74, 6) is 0. The topological polar surface area (TPSA) is 21.9 Å². The molecule has 1 saturated heterocycles. The van der Waals surface area contributed by atoms with Crippen molar-refractivity contribution in [3.05, 3.63) is 35.9 Å². The molecule has 0 bridgehead atoms. The molecule has 2 fully saturated rings. The Kier molecular flexibility index (Phi) is 2.28. The summed E-state index contributed by atoms with van der Waals surface area (Å²) in [6.45, 7) is 0. The minimum Gasteiger partial charge on any atom is -0.301 e. The van der Waals surface area contributed by atoms with Crippen LogP contribution < -0.4 is 5.32 Å². The van der Waals surface area contributed by atoms with Crippen LogP contribution in [0.2, 0.25) is 0 Å². The van der Waals surface area contributed by atoms with Gasteiger partial charge in [-0.2, -0.15) is 0 Å². The van der Waals surface area contributed by atoms with Gasteiger partial charge in [-0.1, -0.05) is 56.0 Å². The van der Waals surface area contributed by atoms with Crippen LogP contribution in [-0.4, -0.2) is 6.04 Å². The smallest absolute Gasteiger partial charge is 0.0593 e. The Labute approximate surface area is 91.9 Å². The van der Waals surface area contributed by atoms with Gasteiger partial charge in [0.1, 0.15) is 0 Å². The molecule has 2 atom stereocenters. The zero-order valence-electron chi connectivity index (χ0n) is 9.21. The molecule has 0 radical (unpaired) electrons.